The Bertz CT molecular complexity index is 405. The maximum Gasteiger partial charge on any atom is 0.145 e. The molecule has 4 heteroatoms. The van der Waals surface area contributed by atoms with Crippen LogP contribution in [-0.4, -0.2) is 22.2 Å². The van der Waals surface area contributed by atoms with Gasteiger partial charge in [-0.1, -0.05) is 29.8 Å². The zero-order valence-electron chi connectivity index (χ0n) is 8.86. The predicted molar refractivity (Wildman–Crippen MR) is 58.5 cm³/mol. The molecule has 1 aromatic heterocycles. The van der Waals surface area contributed by atoms with Crippen molar-refractivity contribution in [1.29, 1.82) is 0 Å². The molecule has 0 aliphatic carbocycles. The van der Waals surface area contributed by atoms with Crippen molar-refractivity contribution in [2.45, 2.75) is 13.0 Å². The van der Waals surface area contributed by atoms with Gasteiger partial charge in [0, 0.05) is 0 Å². The maximum absolute atomic E-state index is 4.16. The Hall–Kier alpha value is -1.68. The third kappa shape index (κ3) is 2.05. The first-order chi connectivity index (χ1) is 7.31. The van der Waals surface area contributed by atoms with Gasteiger partial charge in [-0.3, -0.25) is 5.10 Å². The molecule has 0 fully saturated rings. The SMILES string of the molecule is CNC(c1ccc(C)cc1)c1ncn[nH]1. The number of benzene rings is 1. The van der Waals surface area contributed by atoms with Crippen molar-refractivity contribution in [3.63, 3.8) is 0 Å². The minimum absolute atomic E-state index is 0.0769. The minimum atomic E-state index is 0.0769. The first kappa shape index (κ1) is 9.86. The van der Waals surface area contributed by atoms with Gasteiger partial charge >= 0.3 is 0 Å². The summed E-state index contributed by atoms with van der Waals surface area (Å²) < 4.78 is 0. The number of hydrogen-bond donors (Lipinski definition) is 2. The number of nitrogens with one attached hydrogen (secondary N) is 2. The summed E-state index contributed by atoms with van der Waals surface area (Å²) in [5.41, 5.74) is 2.44. The Balaban J connectivity index is 2.31. The van der Waals surface area contributed by atoms with Crippen molar-refractivity contribution in [3.8, 4) is 0 Å². The van der Waals surface area contributed by atoms with Crippen LogP contribution in [0, 0.1) is 6.92 Å². The lowest BCUT2D eigenvalue weighted by molar-refractivity contribution is 0.649. The van der Waals surface area contributed by atoms with Gasteiger partial charge in [0.2, 0.25) is 0 Å². The minimum Gasteiger partial charge on any atom is -0.307 e. The highest BCUT2D eigenvalue weighted by molar-refractivity contribution is 5.27. The molecule has 2 N–H and O–H groups in total. The van der Waals surface area contributed by atoms with Crippen LogP contribution < -0.4 is 5.32 Å². The van der Waals surface area contributed by atoms with E-state index in [1.54, 1.807) is 0 Å². The summed E-state index contributed by atoms with van der Waals surface area (Å²) in [7, 11) is 1.91. The second-order valence-electron chi connectivity index (χ2n) is 3.50. The fraction of sp³-hybridized carbons (Fsp3) is 0.273. The first-order valence-corrected chi connectivity index (χ1v) is 4.90. The van der Waals surface area contributed by atoms with Crippen LogP contribution in [0.3, 0.4) is 0 Å². The fourth-order valence-electron chi connectivity index (χ4n) is 1.57. The third-order valence-corrected chi connectivity index (χ3v) is 2.41. The molecule has 15 heavy (non-hydrogen) atoms. The van der Waals surface area contributed by atoms with Crippen molar-refractivity contribution in [3.05, 3.63) is 47.5 Å². The zero-order valence-corrected chi connectivity index (χ0v) is 8.86. The van der Waals surface area contributed by atoms with Crippen LogP contribution >= 0.6 is 0 Å². The Kier molecular flexibility index (Phi) is 2.78. The van der Waals surface area contributed by atoms with E-state index in [2.05, 4.69) is 51.7 Å². The van der Waals surface area contributed by atoms with E-state index in [0.29, 0.717) is 0 Å². The second-order valence-corrected chi connectivity index (χ2v) is 3.50. The number of H-pyrrole nitrogens is 1. The molecular formula is C11H14N4. The number of aromatic amines is 1. The maximum atomic E-state index is 4.16. The molecule has 1 atom stereocenters. The van der Waals surface area contributed by atoms with Gasteiger partial charge in [0.25, 0.3) is 0 Å². The lowest BCUT2D eigenvalue weighted by Gasteiger charge is -2.13. The van der Waals surface area contributed by atoms with Crippen molar-refractivity contribution in [1.82, 2.24) is 20.5 Å². The molecule has 0 amide bonds. The average molecular weight is 202 g/mol. The van der Waals surface area contributed by atoms with Gasteiger partial charge in [0.1, 0.15) is 12.2 Å². The van der Waals surface area contributed by atoms with E-state index in [9.17, 15) is 0 Å². The van der Waals surface area contributed by atoms with Gasteiger partial charge in [-0.25, -0.2) is 4.98 Å². The van der Waals surface area contributed by atoms with E-state index in [4.69, 9.17) is 0 Å². The quantitative estimate of drug-likeness (QED) is 0.791. The number of aromatic nitrogens is 3. The zero-order chi connectivity index (χ0) is 10.7. The van der Waals surface area contributed by atoms with Crippen LogP contribution in [0.1, 0.15) is 23.0 Å². The Morgan fingerprint density at radius 2 is 2.00 bits per heavy atom. The molecule has 0 saturated carbocycles. The van der Waals surface area contributed by atoms with Gasteiger partial charge in [0.05, 0.1) is 6.04 Å². The normalized spacial score (nSPS) is 12.7. The van der Waals surface area contributed by atoms with Crippen molar-refractivity contribution in [2.24, 2.45) is 0 Å². The molecule has 2 rings (SSSR count). The van der Waals surface area contributed by atoms with Gasteiger partial charge in [-0.2, -0.15) is 5.10 Å². The van der Waals surface area contributed by atoms with Crippen LogP contribution in [0.4, 0.5) is 0 Å². The molecule has 1 heterocycles. The van der Waals surface area contributed by atoms with E-state index in [0.717, 1.165) is 5.82 Å². The Morgan fingerprint density at radius 1 is 1.27 bits per heavy atom. The highest BCUT2D eigenvalue weighted by Gasteiger charge is 2.13. The van der Waals surface area contributed by atoms with E-state index in [-0.39, 0.29) is 6.04 Å². The molecule has 2 aromatic rings. The van der Waals surface area contributed by atoms with Crippen molar-refractivity contribution < 1.29 is 0 Å². The summed E-state index contributed by atoms with van der Waals surface area (Å²) in [6.07, 6.45) is 1.52. The van der Waals surface area contributed by atoms with Crippen LogP contribution in [0.15, 0.2) is 30.6 Å². The Labute approximate surface area is 88.8 Å². The van der Waals surface area contributed by atoms with E-state index >= 15 is 0 Å². The van der Waals surface area contributed by atoms with Crippen molar-refractivity contribution in [2.75, 3.05) is 7.05 Å². The number of nitrogens with zero attached hydrogens (tertiary/aromatic N) is 2. The molecule has 0 aliphatic heterocycles. The fourth-order valence-corrected chi connectivity index (χ4v) is 1.57. The van der Waals surface area contributed by atoms with Crippen LogP contribution in [0.2, 0.25) is 0 Å². The largest absolute Gasteiger partial charge is 0.307 e. The van der Waals surface area contributed by atoms with Gasteiger partial charge < -0.3 is 5.32 Å². The van der Waals surface area contributed by atoms with Crippen LogP contribution in [-0.2, 0) is 0 Å². The standard InChI is InChI=1S/C11H14N4/c1-8-3-5-9(6-4-8)10(12-2)11-13-7-14-15-11/h3-7,10,12H,1-2H3,(H,13,14,15). The summed E-state index contributed by atoms with van der Waals surface area (Å²) in [6.45, 7) is 2.08. The Morgan fingerprint density at radius 3 is 2.53 bits per heavy atom. The molecule has 0 radical (unpaired) electrons. The highest BCUT2D eigenvalue weighted by atomic mass is 15.2. The molecule has 1 aromatic carbocycles. The second kappa shape index (κ2) is 4.23. The molecule has 0 saturated heterocycles. The van der Waals surface area contributed by atoms with Crippen LogP contribution in [0.25, 0.3) is 0 Å². The summed E-state index contributed by atoms with van der Waals surface area (Å²) in [6, 6.07) is 8.46. The smallest absolute Gasteiger partial charge is 0.145 e. The first-order valence-electron chi connectivity index (χ1n) is 4.90. The number of rotatable bonds is 3. The monoisotopic (exact) mass is 202 g/mol. The molecule has 0 aliphatic rings. The topological polar surface area (TPSA) is 53.6 Å². The summed E-state index contributed by atoms with van der Waals surface area (Å²) in [5, 5.41) is 9.94. The molecule has 4 nitrogen and oxygen atoms in total. The predicted octanol–water partition coefficient (Wildman–Crippen LogP) is 1.42. The van der Waals surface area contributed by atoms with Gasteiger partial charge in [-0.15, -0.1) is 0 Å². The highest BCUT2D eigenvalue weighted by Crippen LogP contribution is 2.17. The van der Waals surface area contributed by atoms with Gasteiger partial charge in [0.15, 0.2) is 0 Å². The number of hydrogen-bond acceptors (Lipinski definition) is 3. The van der Waals surface area contributed by atoms with Crippen molar-refractivity contribution >= 4 is 0 Å². The van der Waals surface area contributed by atoms with E-state index in [1.165, 1.54) is 17.5 Å². The average Bonchev–Trinajstić information content (AvgIpc) is 2.75. The third-order valence-electron chi connectivity index (χ3n) is 2.41. The van der Waals surface area contributed by atoms with Crippen LogP contribution in [0.5, 0.6) is 0 Å². The molecule has 0 spiro atoms. The molecular weight excluding hydrogens is 188 g/mol. The lowest BCUT2D eigenvalue weighted by atomic mass is 10.1. The lowest BCUT2D eigenvalue weighted by Crippen LogP contribution is -2.19. The summed E-state index contributed by atoms with van der Waals surface area (Å²) in [4.78, 5) is 4.16. The summed E-state index contributed by atoms with van der Waals surface area (Å²) in [5.74, 6) is 0.835. The van der Waals surface area contributed by atoms with Gasteiger partial charge in [-0.05, 0) is 19.5 Å². The molecule has 0 bridgehead atoms. The molecule has 78 valence electrons. The molecule has 1 unspecified atom stereocenters. The van der Waals surface area contributed by atoms with E-state index < -0.39 is 0 Å². The number of aryl methyl sites for hydroxylation is 1. The summed E-state index contributed by atoms with van der Waals surface area (Å²) >= 11 is 0. The van der Waals surface area contributed by atoms with E-state index in [1.807, 2.05) is 7.05 Å².